The van der Waals surface area contributed by atoms with Gasteiger partial charge in [0.15, 0.2) is 0 Å². The summed E-state index contributed by atoms with van der Waals surface area (Å²) >= 11 is 1.77. The van der Waals surface area contributed by atoms with Crippen LogP contribution in [0, 0.1) is 0 Å². The third kappa shape index (κ3) is 2.31. The van der Waals surface area contributed by atoms with Gasteiger partial charge in [-0.1, -0.05) is 0 Å². The van der Waals surface area contributed by atoms with E-state index in [1.807, 2.05) is 5.01 Å². The molecule has 3 nitrogen and oxygen atoms in total. The fourth-order valence-corrected chi connectivity index (χ4v) is 1.87. The van der Waals surface area contributed by atoms with Crippen LogP contribution in [0.3, 0.4) is 0 Å². The van der Waals surface area contributed by atoms with Gasteiger partial charge in [-0.3, -0.25) is 0 Å². The lowest BCUT2D eigenvalue weighted by molar-refractivity contribution is 0.167. The van der Waals surface area contributed by atoms with E-state index in [-0.39, 0.29) is 0 Å². The first kappa shape index (κ1) is 10.7. The Morgan fingerprint density at radius 2 is 2.23 bits per heavy atom. The predicted octanol–water partition coefficient (Wildman–Crippen LogP) is 1.27. The van der Waals surface area contributed by atoms with Gasteiger partial charge in [0.1, 0.15) is 0 Å². The molecule has 0 spiro atoms. The smallest absolute Gasteiger partial charge is 0.0575 e. The van der Waals surface area contributed by atoms with E-state index in [2.05, 4.69) is 13.2 Å². The van der Waals surface area contributed by atoms with Crippen molar-refractivity contribution in [2.75, 3.05) is 6.26 Å². The molecule has 1 atom stereocenters. The highest BCUT2D eigenvalue weighted by Gasteiger charge is 2.26. The SMILES string of the molecule is CSC(C)/C(=C/N)N(N)C1CCC1. The molecular weight excluding hydrogens is 182 g/mol. The molecule has 1 unspecified atom stereocenters. The summed E-state index contributed by atoms with van der Waals surface area (Å²) in [5.41, 5.74) is 6.62. The van der Waals surface area contributed by atoms with Gasteiger partial charge in [-0.2, -0.15) is 11.8 Å². The van der Waals surface area contributed by atoms with Crippen LogP contribution in [-0.4, -0.2) is 22.6 Å². The quantitative estimate of drug-likeness (QED) is 0.531. The van der Waals surface area contributed by atoms with Gasteiger partial charge in [0.05, 0.1) is 5.70 Å². The number of nitrogens with zero attached hydrogens (tertiary/aromatic N) is 1. The summed E-state index contributed by atoms with van der Waals surface area (Å²) in [6.07, 6.45) is 7.41. The Bertz CT molecular complexity index is 189. The maximum Gasteiger partial charge on any atom is 0.0575 e. The molecule has 0 saturated heterocycles. The van der Waals surface area contributed by atoms with E-state index >= 15 is 0 Å². The molecule has 1 saturated carbocycles. The van der Waals surface area contributed by atoms with Crippen molar-refractivity contribution in [3.05, 3.63) is 11.9 Å². The van der Waals surface area contributed by atoms with Crippen molar-refractivity contribution in [3.8, 4) is 0 Å². The van der Waals surface area contributed by atoms with Crippen LogP contribution in [-0.2, 0) is 0 Å². The maximum atomic E-state index is 5.98. The first-order valence-corrected chi connectivity index (χ1v) is 5.98. The maximum absolute atomic E-state index is 5.98. The number of hydrazine groups is 1. The standard InChI is InChI=1S/C9H19N3S/c1-7(13-2)9(6-10)12(11)8-4-3-5-8/h6-8H,3-5,10-11H2,1-2H3/b9-6-. The van der Waals surface area contributed by atoms with Gasteiger partial charge in [0.25, 0.3) is 0 Å². The number of nitrogens with two attached hydrogens (primary N) is 2. The van der Waals surface area contributed by atoms with E-state index in [0.717, 1.165) is 5.70 Å². The summed E-state index contributed by atoms with van der Waals surface area (Å²) < 4.78 is 0. The zero-order valence-electron chi connectivity index (χ0n) is 8.36. The lowest BCUT2D eigenvalue weighted by Crippen LogP contribution is -2.46. The Kier molecular flexibility index (Phi) is 3.93. The Balaban J connectivity index is 2.54. The second-order valence-corrected chi connectivity index (χ2v) is 4.64. The molecule has 0 aromatic rings. The third-order valence-electron chi connectivity index (χ3n) is 2.71. The van der Waals surface area contributed by atoms with Gasteiger partial charge >= 0.3 is 0 Å². The van der Waals surface area contributed by atoms with Crippen molar-refractivity contribution < 1.29 is 0 Å². The van der Waals surface area contributed by atoms with Gasteiger partial charge in [-0.05, 0) is 32.4 Å². The van der Waals surface area contributed by atoms with Crippen LogP contribution < -0.4 is 11.6 Å². The fraction of sp³-hybridized carbons (Fsp3) is 0.778. The second-order valence-electron chi connectivity index (χ2n) is 3.46. The molecule has 0 aromatic heterocycles. The fourth-order valence-electron chi connectivity index (χ4n) is 1.43. The molecule has 1 aliphatic carbocycles. The topological polar surface area (TPSA) is 55.3 Å². The molecule has 1 aliphatic rings. The van der Waals surface area contributed by atoms with Crippen LogP contribution in [0.4, 0.5) is 0 Å². The molecule has 4 heteroatoms. The minimum absolute atomic E-state index is 0.385. The van der Waals surface area contributed by atoms with Crippen LogP contribution in [0.15, 0.2) is 11.9 Å². The molecule has 0 bridgehead atoms. The van der Waals surface area contributed by atoms with Gasteiger partial charge in [-0.15, -0.1) is 0 Å². The highest BCUT2D eigenvalue weighted by Crippen LogP contribution is 2.28. The molecule has 0 heterocycles. The summed E-state index contributed by atoms with van der Waals surface area (Å²) in [7, 11) is 0. The van der Waals surface area contributed by atoms with E-state index in [4.69, 9.17) is 11.6 Å². The average Bonchev–Trinajstić information content (AvgIpc) is 2.02. The lowest BCUT2D eigenvalue weighted by Gasteiger charge is -2.38. The number of rotatable bonds is 4. The van der Waals surface area contributed by atoms with Crippen LogP contribution in [0.5, 0.6) is 0 Å². The largest absolute Gasteiger partial charge is 0.403 e. The van der Waals surface area contributed by atoms with Crippen molar-refractivity contribution in [1.29, 1.82) is 0 Å². The molecule has 1 rings (SSSR count). The molecule has 0 aromatic carbocycles. The van der Waals surface area contributed by atoms with Gasteiger partial charge in [-0.25, -0.2) is 5.84 Å². The van der Waals surface area contributed by atoms with Crippen molar-refractivity contribution in [1.82, 2.24) is 5.01 Å². The van der Waals surface area contributed by atoms with Gasteiger partial charge in [0, 0.05) is 17.5 Å². The van der Waals surface area contributed by atoms with Crippen molar-refractivity contribution in [2.45, 2.75) is 37.5 Å². The minimum Gasteiger partial charge on any atom is -0.403 e. The molecule has 4 N–H and O–H groups in total. The number of hydrogen-bond acceptors (Lipinski definition) is 4. The third-order valence-corrected chi connectivity index (χ3v) is 3.66. The van der Waals surface area contributed by atoms with Gasteiger partial charge < -0.3 is 10.7 Å². The summed E-state index contributed by atoms with van der Waals surface area (Å²) in [5, 5.41) is 2.24. The van der Waals surface area contributed by atoms with Crippen molar-refractivity contribution in [3.63, 3.8) is 0 Å². The van der Waals surface area contributed by atoms with Crippen LogP contribution in [0.1, 0.15) is 26.2 Å². The number of hydrogen-bond donors (Lipinski definition) is 2. The Hall–Kier alpha value is -0.350. The van der Waals surface area contributed by atoms with Crippen LogP contribution >= 0.6 is 11.8 Å². The van der Waals surface area contributed by atoms with E-state index in [1.54, 1.807) is 18.0 Å². The normalized spacial score (nSPS) is 21.0. The predicted molar refractivity (Wildman–Crippen MR) is 58.9 cm³/mol. The highest BCUT2D eigenvalue weighted by molar-refractivity contribution is 7.99. The Labute approximate surface area is 84.5 Å². The lowest BCUT2D eigenvalue weighted by atomic mass is 9.92. The monoisotopic (exact) mass is 201 g/mol. The van der Waals surface area contributed by atoms with Crippen LogP contribution in [0.25, 0.3) is 0 Å². The Morgan fingerprint density at radius 1 is 1.62 bits per heavy atom. The summed E-state index contributed by atoms with van der Waals surface area (Å²) in [6, 6.07) is 0.518. The average molecular weight is 201 g/mol. The van der Waals surface area contributed by atoms with Crippen LogP contribution in [0.2, 0.25) is 0 Å². The van der Waals surface area contributed by atoms with Crippen molar-refractivity contribution in [2.24, 2.45) is 11.6 Å². The van der Waals surface area contributed by atoms with E-state index in [9.17, 15) is 0 Å². The highest BCUT2D eigenvalue weighted by atomic mass is 32.2. The molecule has 0 amide bonds. The molecular formula is C9H19N3S. The minimum atomic E-state index is 0.385. The molecule has 0 aliphatic heterocycles. The second kappa shape index (κ2) is 4.77. The van der Waals surface area contributed by atoms with E-state index in [0.29, 0.717) is 11.3 Å². The first-order valence-electron chi connectivity index (χ1n) is 4.69. The van der Waals surface area contributed by atoms with Crippen molar-refractivity contribution >= 4 is 11.8 Å². The Morgan fingerprint density at radius 3 is 2.54 bits per heavy atom. The van der Waals surface area contributed by atoms with Gasteiger partial charge in [0.2, 0.25) is 0 Å². The summed E-state index contributed by atoms with van der Waals surface area (Å²) in [4.78, 5) is 0. The molecule has 13 heavy (non-hydrogen) atoms. The molecule has 0 radical (unpaired) electrons. The number of thioether (sulfide) groups is 1. The first-order chi connectivity index (χ1) is 6.20. The molecule has 76 valence electrons. The summed E-state index contributed by atoms with van der Waals surface area (Å²) in [5.74, 6) is 5.98. The molecule has 1 fully saturated rings. The summed E-state index contributed by atoms with van der Waals surface area (Å²) in [6.45, 7) is 2.13. The van der Waals surface area contributed by atoms with E-state index in [1.165, 1.54) is 19.3 Å². The zero-order chi connectivity index (χ0) is 9.84. The van der Waals surface area contributed by atoms with E-state index < -0.39 is 0 Å². The zero-order valence-corrected chi connectivity index (χ0v) is 9.18.